The van der Waals surface area contributed by atoms with E-state index in [1.165, 1.54) is 5.69 Å². The van der Waals surface area contributed by atoms with Crippen LogP contribution >= 0.6 is 11.6 Å². The Bertz CT molecular complexity index is 886. The van der Waals surface area contributed by atoms with Gasteiger partial charge in [-0.3, -0.25) is 4.90 Å². The number of ether oxygens (including phenoxy) is 1. The largest absolute Gasteiger partial charge is 0.497 e. The van der Waals surface area contributed by atoms with Gasteiger partial charge in [-0.25, -0.2) is 0 Å². The Labute approximate surface area is 164 Å². The van der Waals surface area contributed by atoms with E-state index >= 15 is 0 Å². The SMILES string of the molecule is COc1ccc(-c2cc(CN3CCN(c4cccc(Cl)c4)CC3)on2)cc1. The van der Waals surface area contributed by atoms with E-state index in [1.807, 2.05) is 48.5 Å². The molecule has 0 N–H and O–H groups in total. The summed E-state index contributed by atoms with van der Waals surface area (Å²) in [5.74, 6) is 1.72. The highest BCUT2D eigenvalue weighted by Crippen LogP contribution is 2.24. The van der Waals surface area contributed by atoms with Crippen molar-refractivity contribution in [3.05, 3.63) is 65.4 Å². The minimum Gasteiger partial charge on any atom is -0.497 e. The first kappa shape index (κ1) is 17.9. The second-order valence-electron chi connectivity index (χ2n) is 6.65. The third-order valence-electron chi connectivity index (χ3n) is 4.87. The van der Waals surface area contributed by atoms with Crippen LogP contribution in [0.1, 0.15) is 5.76 Å². The normalized spacial score (nSPS) is 15.1. The van der Waals surface area contributed by atoms with E-state index < -0.39 is 0 Å². The molecule has 1 aliphatic rings. The predicted molar refractivity (Wildman–Crippen MR) is 107 cm³/mol. The Balaban J connectivity index is 1.35. The number of piperazine rings is 1. The lowest BCUT2D eigenvalue weighted by molar-refractivity contribution is 0.220. The van der Waals surface area contributed by atoms with Crippen molar-refractivity contribution in [3.63, 3.8) is 0 Å². The summed E-state index contributed by atoms with van der Waals surface area (Å²) in [5.41, 5.74) is 3.06. The van der Waals surface area contributed by atoms with E-state index in [2.05, 4.69) is 21.0 Å². The van der Waals surface area contributed by atoms with E-state index in [4.69, 9.17) is 20.9 Å². The van der Waals surface area contributed by atoms with Crippen LogP contribution in [-0.4, -0.2) is 43.3 Å². The first-order valence-corrected chi connectivity index (χ1v) is 9.42. The molecule has 1 aliphatic heterocycles. The van der Waals surface area contributed by atoms with Crippen molar-refractivity contribution in [1.82, 2.24) is 10.1 Å². The molecule has 0 saturated carbocycles. The molecule has 2 heterocycles. The van der Waals surface area contributed by atoms with E-state index in [1.54, 1.807) is 7.11 Å². The van der Waals surface area contributed by atoms with Crippen molar-refractivity contribution in [2.45, 2.75) is 6.54 Å². The van der Waals surface area contributed by atoms with Crippen LogP contribution < -0.4 is 9.64 Å². The second-order valence-corrected chi connectivity index (χ2v) is 7.09. The Hall–Kier alpha value is -2.50. The van der Waals surface area contributed by atoms with Crippen LogP contribution in [0, 0.1) is 0 Å². The third-order valence-corrected chi connectivity index (χ3v) is 5.10. The molecule has 0 aliphatic carbocycles. The number of halogens is 1. The van der Waals surface area contributed by atoms with Crippen LogP contribution in [0.25, 0.3) is 11.3 Å². The van der Waals surface area contributed by atoms with E-state index in [-0.39, 0.29) is 0 Å². The average Bonchev–Trinajstić information content (AvgIpc) is 3.17. The summed E-state index contributed by atoms with van der Waals surface area (Å²) >= 11 is 6.11. The van der Waals surface area contributed by atoms with E-state index in [0.29, 0.717) is 0 Å². The van der Waals surface area contributed by atoms with Gasteiger partial charge in [-0.15, -0.1) is 0 Å². The van der Waals surface area contributed by atoms with Gasteiger partial charge in [0.2, 0.25) is 0 Å². The molecule has 27 heavy (non-hydrogen) atoms. The van der Waals surface area contributed by atoms with Gasteiger partial charge >= 0.3 is 0 Å². The zero-order chi connectivity index (χ0) is 18.6. The molecule has 0 amide bonds. The van der Waals surface area contributed by atoms with Crippen molar-refractivity contribution in [1.29, 1.82) is 0 Å². The molecule has 0 atom stereocenters. The first-order valence-electron chi connectivity index (χ1n) is 9.04. The fourth-order valence-electron chi connectivity index (χ4n) is 3.34. The summed E-state index contributed by atoms with van der Waals surface area (Å²) in [4.78, 5) is 4.75. The molecule has 3 aromatic rings. The number of aromatic nitrogens is 1. The lowest BCUT2D eigenvalue weighted by Crippen LogP contribution is -2.45. The monoisotopic (exact) mass is 383 g/mol. The molecule has 0 unspecified atom stereocenters. The number of hydrogen-bond donors (Lipinski definition) is 0. The third kappa shape index (κ3) is 4.26. The summed E-state index contributed by atoms with van der Waals surface area (Å²) in [5, 5.41) is 4.99. The van der Waals surface area contributed by atoms with E-state index in [0.717, 1.165) is 60.5 Å². The highest BCUT2D eigenvalue weighted by molar-refractivity contribution is 6.30. The van der Waals surface area contributed by atoms with Crippen LogP contribution in [-0.2, 0) is 6.54 Å². The van der Waals surface area contributed by atoms with Crippen LogP contribution in [0.5, 0.6) is 5.75 Å². The fraction of sp³-hybridized carbons (Fsp3) is 0.286. The van der Waals surface area contributed by atoms with Gasteiger partial charge in [0, 0.05) is 48.5 Å². The van der Waals surface area contributed by atoms with Gasteiger partial charge in [0.25, 0.3) is 0 Å². The van der Waals surface area contributed by atoms with Crippen molar-refractivity contribution >= 4 is 17.3 Å². The summed E-state index contributed by atoms with van der Waals surface area (Å²) in [6.45, 7) is 4.67. The number of anilines is 1. The van der Waals surface area contributed by atoms with Crippen LogP contribution in [0.3, 0.4) is 0 Å². The zero-order valence-electron chi connectivity index (χ0n) is 15.3. The fourth-order valence-corrected chi connectivity index (χ4v) is 3.53. The number of hydrogen-bond acceptors (Lipinski definition) is 5. The number of methoxy groups -OCH3 is 1. The molecule has 1 saturated heterocycles. The van der Waals surface area contributed by atoms with Crippen molar-refractivity contribution in [3.8, 4) is 17.0 Å². The second kappa shape index (κ2) is 8.03. The molecule has 4 rings (SSSR count). The molecular formula is C21H22ClN3O2. The molecular weight excluding hydrogens is 362 g/mol. The average molecular weight is 384 g/mol. The van der Waals surface area contributed by atoms with E-state index in [9.17, 15) is 0 Å². The van der Waals surface area contributed by atoms with Gasteiger partial charge < -0.3 is 14.2 Å². The number of rotatable bonds is 5. The van der Waals surface area contributed by atoms with Crippen molar-refractivity contribution < 1.29 is 9.26 Å². The summed E-state index contributed by atoms with van der Waals surface area (Å²) in [7, 11) is 1.66. The summed E-state index contributed by atoms with van der Waals surface area (Å²) in [6, 6.07) is 17.9. The van der Waals surface area contributed by atoms with Crippen LogP contribution in [0.4, 0.5) is 5.69 Å². The minimum absolute atomic E-state index is 0.770. The minimum atomic E-state index is 0.770. The molecule has 0 spiro atoms. The molecule has 5 nitrogen and oxygen atoms in total. The number of nitrogens with zero attached hydrogens (tertiary/aromatic N) is 3. The first-order chi connectivity index (χ1) is 13.2. The quantitative estimate of drug-likeness (QED) is 0.656. The van der Waals surface area contributed by atoms with Gasteiger partial charge in [0.05, 0.1) is 13.7 Å². The highest BCUT2D eigenvalue weighted by atomic mass is 35.5. The lowest BCUT2D eigenvalue weighted by Gasteiger charge is -2.35. The molecule has 1 fully saturated rings. The molecule has 0 bridgehead atoms. The maximum absolute atomic E-state index is 6.11. The van der Waals surface area contributed by atoms with Gasteiger partial charge in [-0.1, -0.05) is 22.8 Å². The molecule has 0 radical (unpaired) electrons. The van der Waals surface area contributed by atoms with Gasteiger partial charge in [-0.05, 0) is 42.5 Å². The molecule has 140 valence electrons. The molecule has 1 aromatic heterocycles. The van der Waals surface area contributed by atoms with Gasteiger partial charge in [-0.2, -0.15) is 0 Å². The molecule has 2 aromatic carbocycles. The summed E-state index contributed by atoms with van der Waals surface area (Å²) in [6.07, 6.45) is 0. The van der Waals surface area contributed by atoms with Gasteiger partial charge in [0.15, 0.2) is 5.76 Å². The van der Waals surface area contributed by atoms with Crippen molar-refractivity contribution in [2.24, 2.45) is 0 Å². The van der Waals surface area contributed by atoms with Crippen LogP contribution in [0.15, 0.2) is 59.1 Å². The van der Waals surface area contributed by atoms with Crippen molar-refractivity contribution in [2.75, 3.05) is 38.2 Å². The van der Waals surface area contributed by atoms with Gasteiger partial charge in [0.1, 0.15) is 11.4 Å². The topological polar surface area (TPSA) is 41.7 Å². The zero-order valence-corrected chi connectivity index (χ0v) is 16.0. The summed E-state index contributed by atoms with van der Waals surface area (Å²) < 4.78 is 10.7. The highest BCUT2D eigenvalue weighted by Gasteiger charge is 2.19. The number of benzene rings is 2. The maximum Gasteiger partial charge on any atom is 0.151 e. The van der Waals surface area contributed by atoms with Crippen LogP contribution in [0.2, 0.25) is 5.02 Å². The Kier molecular flexibility index (Phi) is 5.32. The maximum atomic E-state index is 6.11. The standard InChI is InChI=1S/C21H22ClN3O2/c1-26-19-7-5-16(6-8-19)21-14-20(27-23-21)15-24-9-11-25(12-10-24)18-4-2-3-17(22)13-18/h2-8,13-14H,9-12,15H2,1H3. The Morgan fingerprint density at radius 1 is 1.04 bits per heavy atom. The lowest BCUT2D eigenvalue weighted by atomic mass is 10.1. The smallest absolute Gasteiger partial charge is 0.151 e. The molecule has 6 heteroatoms. The Morgan fingerprint density at radius 3 is 2.52 bits per heavy atom. The predicted octanol–water partition coefficient (Wildman–Crippen LogP) is 4.33. The Morgan fingerprint density at radius 2 is 1.81 bits per heavy atom.